The highest BCUT2D eigenvalue weighted by Gasteiger charge is 2.24. The molecule has 0 saturated heterocycles. The van der Waals surface area contributed by atoms with Crippen LogP contribution in [-0.4, -0.2) is 28.8 Å². The highest BCUT2D eigenvalue weighted by atomic mass is 32.1. The van der Waals surface area contributed by atoms with E-state index in [-0.39, 0.29) is 5.54 Å². The SMILES string of the molecule is Cc1csc(CNCC(C)(C)NC(=O)OC(C)(C)C)n1. The summed E-state index contributed by atoms with van der Waals surface area (Å²) in [6, 6.07) is 0. The van der Waals surface area contributed by atoms with Crippen LogP contribution in [0.2, 0.25) is 0 Å². The van der Waals surface area contributed by atoms with E-state index >= 15 is 0 Å². The van der Waals surface area contributed by atoms with E-state index < -0.39 is 11.7 Å². The number of nitrogens with zero attached hydrogens (tertiary/aromatic N) is 1. The molecule has 1 heterocycles. The van der Waals surface area contributed by atoms with Gasteiger partial charge in [-0.3, -0.25) is 0 Å². The molecule has 0 fully saturated rings. The van der Waals surface area contributed by atoms with E-state index in [1.54, 1.807) is 11.3 Å². The summed E-state index contributed by atoms with van der Waals surface area (Å²) >= 11 is 1.64. The summed E-state index contributed by atoms with van der Waals surface area (Å²) in [4.78, 5) is 16.1. The molecule has 1 rings (SSSR count). The van der Waals surface area contributed by atoms with E-state index in [0.29, 0.717) is 13.1 Å². The summed E-state index contributed by atoms with van der Waals surface area (Å²) in [6.07, 6.45) is -0.394. The zero-order valence-electron chi connectivity index (χ0n) is 13.2. The number of carbonyl (C=O) groups is 1. The molecular formula is C14H25N3O2S. The molecule has 0 bridgehead atoms. The molecule has 0 spiro atoms. The lowest BCUT2D eigenvalue weighted by Gasteiger charge is -2.28. The number of thiazole rings is 1. The Morgan fingerprint density at radius 3 is 2.50 bits per heavy atom. The summed E-state index contributed by atoms with van der Waals surface area (Å²) in [7, 11) is 0. The minimum Gasteiger partial charge on any atom is -0.444 e. The van der Waals surface area contributed by atoms with Gasteiger partial charge in [0.1, 0.15) is 10.6 Å². The number of amides is 1. The number of alkyl carbamates (subject to hydrolysis) is 1. The standard InChI is InChI=1S/C14H25N3O2S/c1-10-8-20-11(16-10)7-15-9-14(5,6)17-12(18)19-13(2,3)4/h8,15H,7,9H2,1-6H3,(H,17,18). The molecule has 6 heteroatoms. The molecule has 0 aliphatic rings. The van der Waals surface area contributed by atoms with Gasteiger partial charge in [0.15, 0.2) is 0 Å². The number of aromatic nitrogens is 1. The van der Waals surface area contributed by atoms with Crippen LogP contribution >= 0.6 is 11.3 Å². The molecule has 0 atom stereocenters. The maximum atomic E-state index is 11.7. The first-order valence-corrected chi connectivity index (χ1v) is 7.58. The predicted octanol–water partition coefficient (Wildman–Crippen LogP) is 2.84. The van der Waals surface area contributed by atoms with Gasteiger partial charge in [0.05, 0.1) is 5.54 Å². The van der Waals surface area contributed by atoms with Gasteiger partial charge in [0, 0.05) is 24.2 Å². The Kier molecular flexibility index (Phi) is 5.53. The fraction of sp³-hybridized carbons (Fsp3) is 0.714. The van der Waals surface area contributed by atoms with Crippen LogP contribution in [0.3, 0.4) is 0 Å². The molecule has 1 aromatic rings. The van der Waals surface area contributed by atoms with Gasteiger partial charge in [-0.2, -0.15) is 0 Å². The first-order chi connectivity index (χ1) is 9.07. The third kappa shape index (κ3) is 6.86. The van der Waals surface area contributed by atoms with Crippen LogP contribution < -0.4 is 10.6 Å². The number of carbonyl (C=O) groups excluding carboxylic acids is 1. The molecule has 5 nitrogen and oxygen atoms in total. The van der Waals surface area contributed by atoms with Gasteiger partial charge < -0.3 is 15.4 Å². The van der Waals surface area contributed by atoms with Gasteiger partial charge in [-0.15, -0.1) is 11.3 Å². The Balaban J connectivity index is 2.35. The van der Waals surface area contributed by atoms with Crippen LogP contribution in [-0.2, 0) is 11.3 Å². The summed E-state index contributed by atoms with van der Waals surface area (Å²) in [5.41, 5.74) is 0.179. The second-order valence-corrected chi connectivity index (χ2v) is 7.44. The van der Waals surface area contributed by atoms with E-state index in [1.807, 2.05) is 46.9 Å². The van der Waals surface area contributed by atoms with Crippen LogP contribution in [0.5, 0.6) is 0 Å². The van der Waals surface area contributed by atoms with Gasteiger partial charge in [-0.25, -0.2) is 9.78 Å². The minimum atomic E-state index is -0.480. The Morgan fingerprint density at radius 1 is 1.35 bits per heavy atom. The second kappa shape index (κ2) is 6.54. The van der Waals surface area contributed by atoms with Crippen LogP contribution in [0.1, 0.15) is 45.3 Å². The van der Waals surface area contributed by atoms with E-state index in [2.05, 4.69) is 15.6 Å². The molecule has 20 heavy (non-hydrogen) atoms. The summed E-state index contributed by atoms with van der Waals surface area (Å²) in [5.74, 6) is 0. The van der Waals surface area contributed by atoms with Crippen molar-refractivity contribution in [3.05, 3.63) is 16.1 Å². The molecule has 2 N–H and O–H groups in total. The average Bonchev–Trinajstić information content (AvgIpc) is 2.59. The monoisotopic (exact) mass is 299 g/mol. The molecule has 114 valence electrons. The smallest absolute Gasteiger partial charge is 0.408 e. The van der Waals surface area contributed by atoms with Crippen LogP contribution in [0, 0.1) is 6.92 Å². The van der Waals surface area contributed by atoms with Crippen LogP contribution in [0.15, 0.2) is 5.38 Å². The molecule has 0 aromatic carbocycles. The number of hydrogen-bond acceptors (Lipinski definition) is 5. The summed E-state index contributed by atoms with van der Waals surface area (Å²) < 4.78 is 5.25. The molecular weight excluding hydrogens is 274 g/mol. The average molecular weight is 299 g/mol. The third-order valence-electron chi connectivity index (χ3n) is 2.35. The Morgan fingerprint density at radius 2 is 2.00 bits per heavy atom. The number of rotatable bonds is 5. The van der Waals surface area contributed by atoms with E-state index in [0.717, 1.165) is 10.7 Å². The maximum absolute atomic E-state index is 11.7. The number of aryl methyl sites for hydroxylation is 1. The third-order valence-corrected chi connectivity index (χ3v) is 3.32. The first kappa shape index (κ1) is 16.9. The van der Waals surface area contributed by atoms with Crippen molar-refractivity contribution in [1.82, 2.24) is 15.6 Å². The second-order valence-electron chi connectivity index (χ2n) is 6.50. The van der Waals surface area contributed by atoms with Crippen molar-refractivity contribution in [1.29, 1.82) is 0 Å². The van der Waals surface area contributed by atoms with Crippen molar-refractivity contribution < 1.29 is 9.53 Å². The molecule has 0 aliphatic carbocycles. The van der Waals surface area contributed by atoms with Gasteiger partial charge in [-0.05, 0) is 41.5 Å². The predicted molar refractivity (Wildman–Crippen MR) is 82.0 cm³/mol. The first-order valence-electron chi connectivity index (χ1n) is 6.70. The molecule has 0 saturated carbocycles. The number of hydrogen-bond donors (Lipinski definition) is 2. The van der Waals surface area contributed by atoms with Crippen molar-refractivity contribution in [2.45, 2.75) is 59.2 Å². The maximum Gasteiger partial charge on any atom is 0.408 e. The van der Waals surface area contributed by atoms with Gasteiger partial charge in [0.25, 0.3) is 0 Å². The van der Waals surface area contributed by atoms with E-state index in [4.69, 9.17) is 4.74 Å². The quantitative estimate of drug-likeness (QED) is 0.877. The molecule has 1 aromatic heterocycles. The van der Waals surface area contributed by atoms with Crippen LogP contribution in [0.25, 0.3) is 0 Å². The lowest BCUT2D eigenvalue weighted by Crippen LogP contribution is -2.51. The fourth-order valence-corrected chi connectivity index (χ4v) is 2.33. The van der Waals surface area contributed by atoms with Crippen molar-refractivity contribution in [2.75, 3.05) is 6.54 Å². The normalized spacial score (nSPS) is 12.3. The van der Waals surface area contributed by atoms with Crippen LogP contribution in [0.4, 0.5) is 4.79 Å². The van der Waals surface area contributed by atoms with Gasteiger partial charge in [0.2, 0.25) is 0 Å². The highest BCUT2D eigenvalue weighted by molar-refractivity contribution is 7.09. The zero-order valence-corrected chi connectivity index (χ0v) is 14.0. The fourth-order valence-electron chi connectivity index (χ4n) is 1.59. The van der Waals surface area contributed by atoms with Gasteiger partial charge in [-0.1, -0.05) is 0 Å². The molecule has 0 unspecified atom stereocenters. The van der Waals surface area contributed by atoms with Crippen molar-refractivity contribution in [3.8, 4) is 0 Å². The van der Waals surface area contributed by atoms with E-state index in [1.165, 1.54) is 0 Å². The van der Waals surface area contributed by atoms with E-state index in [9.17, 15) is 4.79 Å². The molecule has 0 aliphatic heterocycles. The Bertz CT molecular complexity index is 450. The van der Waals surface area contributed by atoms with Crippen molar-refractivity contribution in [3.63, 3.8) is 0 Å². The van der Waals surface area contributed by atoms with Crippen molar-refractivity contribution in [2.24, 2.45) is 0 Å². The lowest BCUT2D eigenvalue weighted by molar-refractivity contribution is 0.0472. The summed E-state index contributed by atoms with van der Waals surface area (Å²) in [5, 5.41) is 9.25. The molecule has 1 amide bonds. The minimum absolute atomic E-state index is 0.380. The topological polar surface area (TPSA) is 63.2 Å². The van der Waals surface area contributed by atoms with Crippen molar-refractivity contribution >= 4 is 17.4 Å². The Hall–Kier alpha value is -1.14. The largest absolute Gasteiger partial charge is 0.444 e. The zero-order chi connectivity index (χ0) is 15.4. The number of nitrogens with one attached hydrogen (secondary N) is 2. The highest BCUT2D eigenvalue weighted by Crippen LogP contribution is 2.10. The number of ether oxygens (including phenoxy) is 1. The summed E-state index contributed by atoms with van der Waals surface area (Å²) in [6.45, 7) is 12.8. The lowest BCUT2D eigenvalue weighted by atomic mass is 10.1. The van der Waals surface area contributed by atoms with Gasteiger partial charge >= 0.3 is 6.09 Å². The Labute approximate surface area is 125 Å². The molecule has 0 radical (unpaired) electrons.